The van der Waals surface area contributed by atoms with Gasteiger partial charge in [0.2, 0.25) is 0 Å². The molecule has 1 amide bonds. The van der Waals surface area contributed by atoms with Gasteiger partial charge in [-0.2, -0.15) is 10.2 Å². The van der Waals surface area contributed by atoms with Gasteiger partial charge >= 0.3 is 0 Å². The van der Waals surface area contributed by atoms with Crippen molar-refractivity contribution in [3.63, 3.8) is 0 Å². The second-order valence-electron chi connectivity index (χ2n) is 7.07. The van der Waals surface area contributed by atoms with Crippen LogP contribution < -0.4 is 10.9 Å². The van der Waals surface area contributed by atoms with Crippen LogP contribution in [-0.4, -0.2) is 31.9 Å². The van der Waals surface area contributed by atoms with E-state index in [0.29, 0.717) is 5.56 Å². The van der Waals surface area contributed by atoms with Crippen molar-refractivity contribution in [2.45, 2.75) is 63.5 Å². The Morgan fingerprint density at radius 2 is 2.00 bits per heavy atom. The molecule has 2 aliphatic carbocycles. The van der Waals surface area contributed by atoms with Crippen LogP contribution in [0.1, 0.15) is 66.2 Å². The summed E-state index contributed by atoms with van der Waals surface area (Å²) in [4.78, 5) is 24.5. The van der Waals surface area contributed by atoms with E-state index in [2.05, 4.69) is 20.6 Å². The summed E-state index contributed by atoms with van der Waals surface area (Å²) in [6.45, 7) is 0. The summed E-state index contributed by atoms with van der Waals surface area (Å²) >= 11 is 0. The van der Waals surface area contributed by atoms with Gasteiger partial charge in [0, 0.05) is 18.3 Å². The number of hydrogen-bond acceptors (Lipinski definition) is 4. The van der Waals surface area contributed by atoms with E-state index >= 15 is 0 Å². The van der Waals surface area contributed by atoms with E-state index in [1.807, 2.05) is 0 Å². The zero-order valence-electron chi connectivity index (χ0n) is 14.2. The highest BCUT2D eigenvalue weighted by Crippen LogP contribution is 2.28. The van der Waals surface area contributed by atoms with Gasteiger partial charge in [-0.15, -0.1) is 0 Å². The molecule has 1 fully saturated rings. The van der Waals surface area contributed by atoms with Gasteiger partial charge in [-0.05, 0) is 56.9 Å². The summed E-state index contributed by atoms with van der Waals surface area (Å²) in [7, 11) is 0. The number of nitrogens with one attached hydrogen (secondary N) is 2. The predicted molar refractivity (Wildman–Crippen MR) is 92.5 cm³/mol. The number of amides is 1. The first-order valence-corrected chi connectivity index (χ1v) is 9.12. The number of rotatable bonds is 3. The molecule has 0 atom stereocenters. The van der Waals surface area contributed by atoms with Gasteiger partial charge < -0.3 is 5.32 Å². The molecule has 25 heavy (non-hydrogen) atoms. The fraction of sp³-hybridized carbons (Fsp3) is 0.556. The zero-order chi connectivity index (χ0) is 17.2. The van der Waals surface area contributed by atoms with Crippen LogP contribution in [0.25, 0.3) is 0 Å². The van der Waals surface area contributed by atoms with Crippen LogP contribution in [0.4, 0.5) is 0 Å². The van der Waals surface area contributed by atoms with Crippen molar-refractivity contribution >= 4 is 5.91 Å². The van der Waals surface area contributed by atoms with E-state index in [9.17, 15) is 9.59 Å². The average molecular weight is 341 g/mol. The molecule has 7 heteroatoms. The minimum atomic E-state index is -0.0960. The quantitative estimate of drug-likeness (QED) is 0.890. The van der Waals surface area contributed by atoms with Gasteiger partial charge in [0.15, 0.2) is 0 Å². The van der Waals surface area contributed by atoms with Crippen LogP contribution in [-0.2, 0) is 12.8 Å². The van der Waals surface area contributed by atoms with Crippen molar-refractivity contribution in [2.24, 2.45) is 0 Å². The van der Waals surface area contributed by atoms with E-state index < -0.39 is 0 Å². The average Bonchev–Trinajstić information content (AvgIpc) is 3.17. The monoisotopic (exact) mass is 341 g/mol. The number of H-pyrrole nitrogens is 1. The van der Waals surface area contributed by atoms with E-state index in [1.54, 1.807) is 16.9 Å². The highest BCUT2D eigenvalue weighted by atomic mass is 16.2. The minimum absolute atomic E-state index is 0.0199. The van der Waals surface area contributed by atoms with E-state index in [1.165, 1.54) is 6.20 Å². The summed E-state index contributed by atoms with van der Waals surface area (Å²) in [5.41, 5.74) is 2.80. The molecule has 132 valence electrons. The molecule has 0 aromatic carbocycles. The maximum absolute atomic E-state index is 12.4. The molecule has 0 spiro atoms. The number of aryl methyl sites for hydroxylation is 2. The Hall–Kier alpha value is -2.44. The smallest absolute Gasteiger partial charge is 0.267 e. The molecule has 2 aromatic rings. The molecule has 0 unspecified atom stereocenters. The number of fused-ring (bicyclic) bond motifs is 1. The van der Waals surface area contributed by atoms with E-state index in [0.717, 1.165) is 62.6 Å². The SMILES string of the molecule is O=C(NC1CCC(n2nc3c(cc2=O)CCCC3)CC1)c1cn[nH]c1. The lowest BCUT2D eigenvalue weighted by Gasteiger charge is -2.30. The highest BCUT2D eigenvalue weighted by molar-refractivity contribution is 5.93. The molecule has 7 nitrogen and oxygen atoms in total. The molecule has 0 radical (unpaired) electrons. The van der Waals surface area contributed by atoms with Gasteiger partial charge in [-0.3, -0.25) is 14.7 Å². The summed E-state index contributed by atoms with van der Waals surface area (Å²) < 4.78 is 1.69. The Morgan fingerprint density at radius 1 is 1.20 bits per heavy atom. The number of aromatic amines is 1. The predicted octanol–water partition coefficient (Wildman–Crippen LogP) is 1.76. The Labute approximate surface area is 145 Å². The van der Waals surface area contributed by atoms with Crippen LogP contribution in [0.3, 0.4) is 0 Å². The van der Waals surface area contributed by atoms with Crippen LogP contribution in [0.2, 0.25) is 0 Å². The standard InChI is InChI=1S/C18H23N5O2/c24-17-9-12-3-1-2-4-16(12)22-23(17)15-7-5-14(6-8-15)21-18(25)13-10-19-20-11-13/h9-11,14-15H,1-8H2,(H,19,20)(H,21,25). The first-order chi connectivity index (χ1) is 12.2. The third kappa shape index (κ3) is 3.36. The maximum Gasteiger partial charge on any atom is 0.267 e. The van der Waals surface area contributed by atoms with Gasteiger partial charge in [-0.25, -0.2) is 4.68 Å². The normalized spacial score (nSPS) is 23.0. The second kappa shape index (κ2) is 6.82. The van der Waals surface area contributed by atoms with Crippen molar-refractivity contribution in [2.75, 3.05) is 0 Å². The Morgan fingerprint density at radius 3 is 2.76 bits per heavy atom. The summed E-state index contributed by atoms with van der Waals surface area (Å²) in [5.74, 6) is -0.0960. The molecular weight excluding hydrogens is 318 g/mol. The first kappa shape index (κ1) is 16.1. The summed E-state index contributed by atoms with van der Waals surface area (Å²) in [6, 6.07) is 2.07. The van der Waals surface area contributed by atoms with Crippen molar-refractivity contribution in [3.05, 3.63) is 45.6 Å². The number of carbonyl (C=O) groups excluding carboxylic acids is 1. The third-order valence-electron chi connectivity index (χ3n) is 5.37. The summed E-state index contributed by atoms with van der Waals surface area (Å²) in [6.07, 6.45) is 10.8. The summed E-state index contributed by atoms with van der Waals surface area (Å²) in [5, 5.41) is 14.2. The number of aromatic nitrogens is 4. The molecule has 2 aromatic heterocycles. The molecule has 2 N–H and O–H groups in total. The molecule has 1 saturated carbocycles. The van der Waals surface area contributed by atoms with Crippen LogP contribution in [0.15, 0.2) is 23.3 Å². The topological polar surface area (TPSA) is 92.7 Å². The second-order valence-corrected chi connectivity index (χ2v) is 7.07. The van der Waals surface area contributed by atoms with E-state index in [-0.39, 0.29) is 23.6 Å². The number of hydrogen-bond donors (Lipinski definition) is 2. The molecule has 2 heterocycles. The molecule has 4 rings (SSSR count). The van der Waals surface area contributed by atoms with Gasteiger partial charge in [0.1, 0.15) is 0 Å². The molecule has 0 bridgehead atoms. The molecule has 2 aliphatic rings. The van der Waals surface area contributed by atoms with Crippen LogP contribution in [0.5, 0.6) is 0 Å². The zero-order valence-corrected chi connectivity index (χ0v) is 14.2. The largest absolute Gasteiger partial charge is 0.349 e. The number of nitrogens with zero attached hydrogens (tertiary/aromatic N) is 3. The maximum atomic E-state index is 12.4. The van der Waals surface area contributed by atoms with Crippen LogP contribution >= 0.6 is 0 Å². The van der Waals surface area contributed by atoms with Crippen molar-refractivity contribution in [1.82, 2.24) is 25.3 Å². The molecular formula is C18H23N5O2. The lowest BCUT2D eigenvalue weighted by atomic mass is 9.90. The fourth-order valence-electron chi connectivity index (χ4n) is 3.95. The highest BCUT2D eigenvalue weighted by Gasteiger charge is 2.26. The van der Waals surface area contributed by atoms with Crippen LogP contribution in [0, 0.1) is 0 Å². The minimum Gasteiger partial charge on any atom is -0.349 e. The van der Waals surface area contributed by atoms with Gasteiger partial charge in [0.05, 0.1) is 23.5 Å². The lowest BCUT2D eigenvalue weighted by molar-refractivity contribution is 0.0921. The van der Waals surface area contributed by atoms with Crippen molar-refractivity contribution < 1.29 is 4.79 Å². The Bertz CT molecular complexity index is 803. The molecule has 0 saturated heterocycles. The van der Waals surface area contributed by atoms with Gasteiger partial charge in [0.25, 0.3) is 11.5 Å². The Balaban J connectivity index is 1.40. The Kier molecular flexibility index (Phi) is 4.38. The lowest BCUT2D eigenvalue weighted by Crippen LogP contribution is -2.39. The fourth-order valence-corrected chi connectivity index (χ4v) is 3.95. The van der Waals surface area contributed by atoms with E-state index in [4.69, 9.17) is 0 Å². The van der Waals surface area contributed by atoms with Crippen molar-refractivity contribution in [1.29, 1.82) is 0 Å². The first-order valence-electron chi connectivity index (χ1n) is 9.12. The van der Waals surface area contributed by atoms with Gasteiger partial charge in [-0.1, -0.05) is 0 Å². The molecule has 0 aliphatic heterocycles. The number of carbonyl (C=O) groups is 1. The van der Waals surface area contributed by atoms with Crippen molar-refractivity contribution in [3.8, 4) is 0 Å². The third-order valence-corrected chi connectivity index (χ3v) is 5.37.